The molecule has 0 aliphatic rings. The van der Waals surface area contributed by atoms with Crippen molar-refractivity contribution in [3.05, 3.63) is 59.8 Å². The van der Waals surface area contributed by atoms with Crippen LogP contribution < -0.4 is 4.74 Å². The monoisotopic (exact) mass is 265 g/mol. The highest BCUT2D eigenvalue weighted by Gasteiger charge is 2.08. The number of nitrogens with zero attached hydrogens (tertiary/aromatic N) is 1. The van der Waals surface area contributed by atoms with E-state index in [9.17, 15) is 4.79 Å². The minimum atomic E-state index is 0.702. The average molecular weight is 265 g/mol. The van der Waals surface area contributed by atoms with E-state index in [1.807, 2.05) is 42.5 Å². The molecule has 0 saturated carbocycles. The van der Waals surface area contributed by atoms with Crippen molar-refractivity contribution in [2.45, 2.75) is 6.92 Å². The molecule has 0 saturated heterocycles. The van der Waals surface area contributed by atoms with Crippen LogP contribution in [0.25, 0.3) is 16.6 Å². The first-order valence-corrected chi connectivity index (χ1v) is 6.44. The maximum atomic E-state index is 10.9. The van der Waals surface area contributed by atoms with E-state index in [4.69, 9.17) is 4.74 Å². The van der Waals surface area contributed by atoms with Gasteiger partial charge in [0.05, 0.1) is 12.6 Å². The topological polar surface area (TPSA) is 31.2 Å². The van der Waals surface area contributed by atoms with Gasteiger partial charge < -0.3 is 9.30 Å². The van der Waals surface area contributed by atoms with Gasteiger partial charge in [0.25, 0.3) is 0 Å². The molecular formula is C17H15NO2. The average Bonchev–Trinajstić information content (AvgIpc) is 2.84. The molecule has 0 fully saturated rings. The Morgan fingerprint density at radius 3 is 2.50 bits per heavy atom. The molecule has 0 unspecified atom stereocenters. The predicted molar refractivity (Wildman–Crippen MR) is 80.0 cm³/mol. The van der Waals surface area contributed by atoms with E-state index in [1.165, 1.54) is 0 Å². The minimum absolute atomic E-state index is 0.702. The summed E-state index contributed by atoms with van der Waals surface area (Å²) in [6.45, 7) is 2.05. The summed E-state index contributed by atoms with van der Waals surface area (Å²) in [5, 5.41) is 1.10. The first kappa shape index (κ1) is 12.5. The van der Waals surface area contributed by atoms with Crippen molar-refractivity contribution < 1.29 is 9.53 Å². The van der Waals surface area contributed by atoms with E-state index < -0.39 is 0 Å². The van der Waals surface area contributed by atoms with Crippen molar-refractivity contribution in [1.82, 2.24) is 4.57 Å². The number of fused-ring (bicyclic) bond motifs is 1. The molecule has 20 heavy (non-hydrogen) atoms. The van der Waals surface area contributed by atoms with E-state index in [0.29, 0.717) is 5.56 Å². The fourth-order valence-electron chi connectivity index (χ4n) is 2.44. The maximum absolute atomic E-state index is 10.9. The zero-order valence-electron chi connectivity index (χ0n) is 11.5. The van der Waals surface area contributed by atoms with Crippen molar-refractivity contribution in [3.63, 3.8) is 0 Å². The second-order valence-electron chi connectivity index (χ2n) is 4.77. The molecule has 0 amide bonds. The minimum Gasteiger partial charge on any atom is -0.497 e. The number of ether oxygens (including phenoxy) is 1. The Bertz CT molecular complexity index is 770. The smallest absolute Gasteiger partial charge is 0.150 e. The summed E-state index contributed by atoms with van der Waals surface area (Å²) in [6.07, 6.45) is 2.96. The largest absolute Gasteiger partial charge is 0.497 e. The van der Waals surface area contributed by atoms with Crippen LogP contribution in [0.1, 0.15) is 15.9 Å². The van der Waals surface area contributed by atoms with E-state index in [1.54, 1.807) is 7.11 Å². The van der Waals surface area contributed by atoms with E-state index in [2.05, 4.69) is 17.7 Å². The third kappa shape index (κ3) is 1.97. The maximum Gasteiger partial charge on any atom is 0.150 e. The van der Waals surface area contributed by atoms with Gasteiger partial charge >= 0.3 is 0 Å². The Labute approximate surface area is 117 Å². The van der Waals surface area contributed by atoms with Gasteiger partial charge in [-0.1, -0.05) is 0 Å². The molecule has 0 spiro atoms. The highest BCUT2D eigenvalue weighted by atomic mass is 16.5. The number of aromatic nitrogens is 1. The van der Waals surface area contributed by atoms with Crippen LogP contribution in [-0.2, 0) is 0 Å². The van der Waals surface area contributed by atoms with Gasteiger partial charge in [0.2, 0.25) is 0 Å². The zero-order chi connectivity index (χ0) is 14.1. The molecule has 0 aliphatic carbocycles. The van der Waals surface area contributed by atoms with Gasteiger partial charge in [-0.15, -0.1) is 0 Å². The van der Waals surface area contributed by atoms with Gasteiger partial charge in [-0.05, 0) is 55.0 Å². The molecule has 3 rings (SSSR count). The molecule has 3 heteroatoms. The predicted octanol–water partition coefficient (Wildman–Crippen LogP) is 3.76. The van der Waals surface area contributed by atoms with Gasteiger partial charge in [-0.25, -0.2) is 0 Å². The van der Waals surface area contributed by atoms with Gasteiger partial charge in [0, 0.05) is 22.8 Å². The van der Waals surface area contributed by atoms with Crippen LogP contribution in [-0.4, -0.2) is 18.0 Å². The van der Waals surface area contributed by atoms with Crippen LogP contribution in [0.4, 0.5) is 0 Å². The summed E-state index contributed by atoms with van der Waals surface area (Å²) in [5.41, 5.74) is 4.02. The van der Waals surface area contributed by atoms with Crippen molar-refractivity contribution in [2.24, 2.45) is 0 Å². The van der Waals surface area contributed by atoms with Crippen LogP contribution >= 0.6 is 0 Å². The quantitative estimate of drug-likeness (QED) is 0.675. The van der Waals surface area contributed by atoms with Crippen molar-refractivity contribution in [3.8, 4) is 11.4 Å². The third-order valence-corrected chi connectivity index (χ3v) is 3.51. The first-order chi connectivity index (χ1) is 9.72. The van der Waals surface area contributed by atoms with Crippen LogP contribution in [0, 0.1) is 6.92 Å². The Morgan fingerprint density at radius 1 is 1.10 bits per heavy atom. The molecule has 0 aliphatic heterocycles. The van der Waals surface area contributed by atoms with E-state index in [-0.39, 0.29) is 0 Å². The standard InChI is InChI=1S/C17H15NO2/c1-12-10-18(14-4-6-15(20-2)7-5-14)17-8-3-13(11-19)9-16(12)17/h3-11H,1-2H3. The van der Waals surface area contributed by atoms with Gasteiger partial charge in [0.1, 0.15) is 12.0 Å². The van der Waals surface area contributed by atoms with E-state index in [0.717, 1.165) is 34.2 Å². The number of hydrogen-bond acceptors (Lipinski definition) is 2. The second kappa shape index (κ2) is 4.85. The number of benzene rings is 2. The molecular weight excluding hydrogens is 250 g/mol. The van der Waals surface area contributed by atoms with Crippen LogP contribution in [0.2, 0.25) is 0 Å². The number of hydrogen-bond donors (Lipinski definition) is 0. The van der Waals surface area contributed by atoms with E-state index >= 15 is 0 Å². The van der Waals surface area contributed by atoms with Crippen LogP contribution in [0.3, 0.4) is 0 Å². The van der Waals surface area contributed by atoms with Crippen molar-refractivity contribution >= 4 is 17.2 Å². The van der Waals surface area contributed by atoms with Crippen molar-refractivity contribution in [1.29, 1.82) is 0 Å². The molecule has 1 heterocycles. The highest BCUT2D eigenvalue weighted by Crippen LogP contribution is 2.26. The molecule has 100 valence electrons. The highest BCUT2D eigenvalue weighted by molar-refractivity contribution is 5.90. The summed E-state index contributed by atoms with van der Waals surface area (Å²) in [6, 6.07) is 13.7. The Kier molecular flexibility index (Phi) is 3.03. The molecule has 2 aromatic carbocycles. The zero-order valence-corrected chi connectivity index (χ0v) is 11.5. The lowest BCUT2D eigenvalue weighted by atomic mass is 10.1. The first-order valence-electron chi connectivity index (χ1n) is 6.44. The van der Waals surface area contributed by atoms with Crippen LogP contribution in [0.15, 0.2) is 48.7 Å². The normalized spacial score (nSPS) is 10.7. The van der Waals surface area contributed by atoms with Gasteiger partial charge in [-0.2, -0.15) is 0 Å². The Balaban J connectivity index is 2.18. The summed E-state index contributed by atoms with van der Waals surface area (Å²) in [5.74, 6) is 0.838. The lowest BCUT2D eigenvalue weighted by molar-refractivity contribution is 0.112. The lowest BCUT2D eigenvalue weighted by Gasteiger charge is -2.06. The number of methoxy groups -OCH3 is 1. The van der Waals surface area contributed by atoms with Crippen LogP contribution in [0.5, 0.6) is 5.75 Å². The number of carbonyl (C=O) groups excluding carboxylic acids is 1. The summed E-state index contributed by atoms with van der Waals surface area (Å²) >= 11 is 0. The SMILES string of the molecule is COc1ccc(-n2cc(C)c3cc(C=O)ccc32)cc1. The molecule has 3 aromatic rings. The molecule has 0 atom stereocenters. The lowest BCUT2D eigenvalue weighted by Crippen LogP contribution is -1.92. The molecule has 3 nitrogen and oxygen atoms in total. The fourth-order valence-corrected chi connectivity index (χ4v) is 2.44. The Hall–Kier alpha value is -2.55. The number of carbonyl (C=O) groups is 1. The number of aldehydes is 1. The molecule has 0 bridgehead atoms. The van der Waals surface area contributed by atoms with Gasteiger partial charge in [0.15, 0.2) is 0 Å². The summed E-state index contributed by atoms with van der Waals surface area (Å²) in [4.78, 5) is 10.9. The van der Waals surface area contributed by atoms with Gasteiger partial charge in [-0.3, -0.25) is 4.79 Å². The number of rotatable bonds is 3. The second-order valence-corrected chi connectivity index (χ2v) is 4.77. The molecule has 1 aromatic heterocycles. The summed E-state index contributed by atoms with van der Waals surface area (Å²) in [7, 11) is 1.66. The molecule has 0 N–H and O–H groups in total. The Morgan fingerprint density at radius 2 is 1.85 bits per heavy atom. The summed E-state index contributed by atoms with van der Waals surface area (Å²) < 4.78 is 7.30. The number of aryl methyl sites for hydroxylation is 1. The van der Waals surface area contributed by atoms with Crippen molar-refractivity contribution in [2.75, 3.05) is 7.11 Å². The third-order valence-electron chi connectivity index (χ3n) is 3.51. The molecule has 0 radical (unpaired) electrons. The fraction of sp³-hybridized carbons (Fsp3) is 0.118.